The van der Waals surface area contributed by atoms with Crippen LogP contribution in [0.5, 0.6) is 0 Å². The Bertz CT molecular complexity index is 491. The lowest BCUT2D eigenvalue weighted by molar-refractivity contribution is 0.945. The molecule has 2 N–H and O–H groups in total. The molecule has 2 aromatic carbocycles. The fourth-order valence-corrected chi connectivity index (χ4v) is 1.43. The lowest BCUT2D eigenvalue weighted by atomic mass is 10.1. The first kappa shape index (κ1) is 10.5. The monoisotopic (exact) mass is 207 g/mol. The molecule has 0 aliphatic heterocycles. The Morgan fingerprint density at radius 2 is 1.38 bits per heavy atom. The summed E-state index contributed by atoms with van der Waals surface area (Å²) in [6.45, 7) is 0. The fourth-order valence-electron chi connectivity index (χ4n) is 1.43. The van der Waals surface area contributed by atoms with E-state index >= 15 is 0 Å². The van der Waals surface area contributed by atoms with Gasteiger partial charge in [0.15, 0.2) is 0 Å². The lowest BCUT2D eigenvalue weighted by Gasteiger charge is -2.02. The zero-order valence-electron chi connectivity index (χ0n) is 8.93. The van der Waals surface area contributed by atoms with Crippen molar-refractivity contribution in [3.8, 4) is 11.8 Å². The van der Waals surface area contributed by atoms with Crippen molar-refractivity contribution in [2.24, 2.45) is 5.73 Å². The maximum atomic E-state index is 5.97. The van der Waals surface area contributed by atoms with Crippen LogP contribution in [0, 0.1) is 11.8 Å². The van der Waals surface area contributed by atoms with Crippen LogP contribution in [0.15, 0.2) is 60.7 Å². The first-order chi connectivity index (χ1) is 7.86. The number of hydrogen-bond acceptors (Lipinski definition) is 1. The summed E-state index contributed by atoms with van der Waals surface area (Å²) in [5.74, 6) is 6.11. The van der Waals surface area contributed by atoms with E-state index in [4.69, 9.17) is 5.73 Å². The average molecular weight is 207 g/mol. The SMILES string of the molecule is NC(C#Cc1ccccc1)c1ccccc1. The van der Waals surface area contributed by atoms with Crippen molar-refractivity contribution in [2.75, 3.05) is 0 Å². The Hall–Kier alpha value is -2.04. The van der Waals surface area contributed by atoms with Crippen LogP contribution >= 0.6 is 0 Å². The number of benzene rings is 2. The molecule has 0 spiro atoms. The molecule has 78 valence electrons. The van der Waals surface area contributed by atoms with E-state index in [0.29, 0.717) is 0 Å². The average Bonchev–Trinajstić information content (AvgIpc) is 2.38. The summed E-state index contributed by atoms with van der Waals surface area (Å²) in [5, 5.41) is 0. The van der Waals surface area contributed by atoms with E-state index in [1.807, 2.05) is 60.7 Å². The molecule has 0 bridgehead atoms. The molecule has 0 saturated carbocycles. The van der Waals surface area contributed by atoms with Crippen LogP contribution < -0.4 is 5.73 Å². The molecule has 0 heterocycles. The minimum absolute atomic E-state index is 0.221. The van der Waals surface area contributed by atoms with Gasteiger partial charge < -0.3 is 5.73 Å². The minimum Gasteiger partial charge on any atom is -0.314 e. The Kier molecular flexibility index (Phi) is 3.38. The predicted molar refractivity (Wildman–Crippen MR) is 66.7 cm³/mol. The van der Waals surface area contributed by atoms with Crippen LogP contribution in [0.2, 0.25) is 0 Å². The van der Waals surface area contributed by atoms with Gasteiger partial charge in [-0.1, -0.05) is 60.4 Å². The highest BCUT2D eigenvalue weighted by molar-refractivity contribution is 5.37. The summed E-state index contributed by atoms with van der Waals surface area (Å²) >= 11 is 0. The molecule has 1 nitrogen and oxygen atoms in total. The third-order valence-electron chi connectivity index (χ3n) is 2.30. The van der Waals surface area contributed by atoms with Gasteiger partial charge in [-0.25, -0.2) is 0 Å². The maximum Gasteiger partial charge on any atom is 0.0924 e. The topological polar surface area (TPSA) is 26.0 Å². The molecule has 1 unspecified atom stereocenters. The molecule has 0 aliphatic carbocycles. The van der Waals surface area contributed by atoms with Crippen LogP contribution in [-0.4, -0.2) is 0 Å². The molecule has 2 aromatic rings. The molecule has 1 heteroatoms. The Morgan fingerprint density at radius 1 is 0.812 bits per heavy atom. The highest BCUT2D eigenvalue weighted by atomic mass is 14.6. The summed E-state index contributed by atoms with van der Waals surface area (Å²) in [7, 11) is 0. The smallest absolute Gasteiger partial charge is 0.0924 e. The largest absolute Gasteiger partial charge is 0.314 e. The number of hydrogen-bond donors (Lipinski definition) is 1. The molecule has 2 rings (SSSR count). The predicted octanol–water partition coefficient (Wildman–Crippen LogP) is 2.74. The van der Waals surface area contributed by atoms with E-state index in [9.17, 15) is 0 Å². The quantitative estimate of drug-likeness (QED) is 0.715. The highest BCUT2D eigenvalue weighted by Gasteiger charge is 1.98. The fraction of sp³-hybridized carbons (Fsp3) is 0.0667. The standard InChI is InChI=1S/C15H13N/c16-15(14-9-5-2-6-10-14)12-11-13-7-3-1-4-8-13/h1-10,15H,16H2. The van der Waals surface area contributed by atoms with Crippen molar-refractivity contribution in [3.63, 3.8) is 0 Å². The summed E-state index contributed by atoms with van der Waals surface area (Å²) in [6.07, 6.45) is 0. The van der Waals surface area contributed by atoms with Crippen LogP contribution in [0.3, 0.4) is 0 Å². The molecular weight excluding hydrogens is 194 g/mol. The summed E-state index contributed by atoms with van der Waals surface area (Å²) in [4.78, 5) is 0. The zero-order chi connectivity index (χ0) is 11.2. The van der Waals surface area contributed by atoms with E-state index in [1.54, 1.807) is 0 Å². The summed E-state index contributed by atoms with van der Waals surface area (Å²) in [5.41, 5.74) is 8.01. The first-order valence-corrected chi connectivity index (χ1v) is 5.23. The molecular formula is C15H13N. The molecule has 0 aliphatic rings. The second kappa shape index (κ2) is 5.16. The van der Waals surface area contributed by atoms with Crippen molar-refractivity contribution < 1.29 is 0 Å². The Balaban J connectivity index is 2.15. The zero-order valence-corrected chi connectivity index (χ0v) is 8.93. The van der Waals surface area contributed by atoms with E-state index < -0.39 is 0 Å². The molecule has 16 heavy (non-hydrogen) atoms. The van der Waals surface area contributed by atoms with Gasteiger partial charge >= 0.3 is 0 Å². The Labute approximate surface area is 95.9 Å². The third-order valence-corrected chi connectivity index (χ3v) is 2.30. The summed E-state index contributed by atoms with van der Waals surface area (Å²) in [6, 6.07) is 19.5. The lowest BCUT2D eigenvalue weighted by Crippen LogP contribution is -2.06. The van der Waals surface area contributed by atoms with E-state index in [2.05, 4.69) is 11.8 Å². The van der Waals surface area contributed by atoms with Crippen molar-refractivity contribution >= 4 is 0 Å². The van der Waals surface area contributed by atoms with E-state index in [-0.39, 0.29) is 6.04 Å². The molecule has 1 atom stereocenters. The van der Waals surface area contributed by atoms with Gasteiger partial charge in [0.25, 0.3) is 0 Å². The van der Waals surface area contributed by atoms with Gasteiger partial charge in [-0.2, -0.15) is 0 Å². The number of rotatable bonds is 1. The van der Waals surface area contributed by atoms with Gasteiger partial charge in [-0.05, 0) is 17.7 Å². The van der Waals surface area contributed by atoms with Crippen molar-refractivity contribution in [1.29, 1.82) is 0 Å². The Morgan fingerprint density at radius 3 is 2.00 bits per heavy atom. The van der Waals surface area contributed by atoms with Gasteiger partial charge in [0.1, 0.15) is 0 Å². The second-order valence-corrected chi connectivity index (χ2v) is 3.52. The minimum atomic E-state index is -0.221. The summed E-state index contributed by atoms with van der Waals surface area (Å²) < 4.78 is 0. The molecule has 0 radical (unpaired) electrons. The molecule has 0 amide bonds. The first-order valence-electron chi connectivity index (χ1n) is 5.23. The second-order valence-electron chi connectivity index (χ2n) is 3.52. The highest BCUT2D eigenvalue weighted by Crippen LogP contribution is 2.08. The molecule has 0 aromatic heterocycles. The van der Waals surface area contributed by atoms with Gasteiger partial charge in [0, 0.05) is 5.56 Å². The molecule has 0 fully saturated rings. The van der Waals surface area contributed by atoms with E-state index in [0.717, 1.165) is 11.1 Å². The van der Waals surface area contributed by atoms with Crippen LogP contribution in [0.4, 0.5) is 0 Å². The van der Waals surface area contributed by atoms with Crippen molar-refractivity contribution in [2.45, 2.75) is 6.04 Å². The van der Waals surface area contributed by atoms with Crippen molar-refractivity contribution in [1.82, 2.24) is 0 Å². The molecule has 0 saturated heterocycles. The van der Waals surface area contributed by atoms with Crippen LogP contribution in [-0.2, 0) is 0 Å². The van der Waals surface area contributed by atoms with Gasteiger partial charge in [0.2, 0.25) is 0 Å². The normalized spacial score (nSPS) is 11.3. The van der Waals surface area contributed by atoms with Gasteiger partial charge in [-0.3, -0.25) is 0 Å². The van der Waals surface area contributed by atoms with Crippen LogP contribution in [0.25, 0.3) is 0 Å². The number of nitrogens with two attached hydrogens (primary N) is 1. The van der Waals surface area contributed by atoms with Gasteiger partial charge in [-0.15, -0.1) is 0 Å². The maximum absolute atomic E-state index is 5.97. The van der Waals surface area contributed by atoms with E-state index in [1.165, 1.54) is 0 Å². The van der Waals surface area contributed by atoms with Crippen LogP contribution in [0.1, 0.15) is 17.2 Å². The van der Waals surface area contributed by atoms with Crippen molar-refractivity contribution in [3.05, 3.63) is 71.8 Å². The van der Waals surface area contributed by atoms with Gasteiger partial charge in [0.05, 0.1) is 6.04 Å². The third kappa shape index (κ3) is 2.73.